The molecule has 0 aliphatic heterocycles. The van der Waals surface area contributed by atoms with Crippen LogP contribution in [0.25, 0.3) is 0 Å². The number of primary amides is 1. The van der Waals surface area contributed by atoms with Crippen molar-refractivity contribution < 1.29 is 18.7 Å². The van der Waals surface area contributed by atoms with Crippen molar-refractivity contribution in [3.63, 3.8) is 0 Å². The number of carbonyl (C=O) groups excluding carboxylic acids is 2. The first-order valence-electron chi connectivity index (χ1n) is 9.35. The van der Waals surface area contributed by atoms with E-state index in [4.69, 9.17) is 10.5 Å². The Bertz CT molecular complexity index is 1040. The number of hydrogen-bond acceptors (Lipinski definition) is 3. The van der Waals surface area contributed by atoms with Gasteiger partial charge in [0.1, 0.15) is 17.3 Å². The average Bonchev–Trinajstić information content (AvgIpc) is 2.71. The highest BCUT2D eigenvalue weighted by Crippen LogP contribution is 2.26. The first kappa shape index (κ1) is 20.9. The third-order valence-corrected chi connectivity index (χ3v) is 4.42. The topological polar surface area (TPSA) is 93.5 Å². The van der Waals surface area contributed by atoms with E-state index in [0.717, 1.165) is 5.56 Å². The Morgan fingerprint density at radius 3 is 2.47 bits per heavy atom. The van der Waals surface area contributed by atoms with Crippen LogP contribution in [0.15, 0.2) is 72.8 Å². The lowest BCUT2D eigenvalue weighted by atomic mass is 10.0. The Morgan fingerprint density at radius 2 is 1.73 bits per heavy atom. The van der Waals surface area contributed by atoms with Crippen LogP contribution in [0.5, 0.6) is 11.5 Å². The summed E-state index contributed by atoms with van der Waals surface area (Å²) >= 11 is 0. The zero-order valence-corrected chi connectivity index (χ0v) is 16.4. The predicted octanol–water partition coefficient (Wildman–Crippen LogP) is 4.66. The monoisotopic (exact) mass is 407 g/mol. The summed E-state index contributed by atoms with van der Waals surface area (Å²) in [7, 11) is 0. The molecule has 3 amide bonds. The molecule has 0 heterocycles. The lowest BCUT2D eigenvalue weighted by molar-refractivity contribution is -0.116. The van der Waals surface area contributed by atoms with Crippen LogP contribution in [-0.4, -0.2) is 11.9 Å². The van der Waals surface area contributed by atoms with Crippen LogP contribution < -0.4 is 21.1 Å². The molecule has 0 radical (unpaired) electrons. The molecule has 0 bridgehead atoms. The van der Waals surface area contributed by atoms with Gasteiger partial charge >= 0.3 is 6.03 Å². The molecule has 0 saturated heterocycles. The molecule has 0 fully saturated rings. The van der Waals surface area contributed by atoms with E-state index in [1.54, 1.807) is 37.3 Å². The summed E-state index contributed by atoms with van der Waals surface area (Å²) < 4.78 is 19.3. The van der Waals surface area contributed by atoms with E-state index in [1.165, 1.54) is 12.1 Å². The van der Waals surface area contributed by atoms with Crippen LogP contribution in [0, 0.1) is 12.7 Å². The van der Waals surface area contributed by atoms with E-state index in [9.17, 15) is 14.0 Å². The highest BCUT2D eigenvalue weighted by atomic mass is 19.1. The maximum Gasteiger partial charge on any atom is 0.312 e. The highest BCUT2D eigenvalue weighted by Gasteiger charge is 2.19. The van der Waals surface area contributed by atoms with Crippen molar-refractivity contribution in [1.29, 1.82) is 0 Å². The number of ether oxygens (including phenoxy) is 1. The van der Waals surface area contributed by atoms with Gasteiger partial charge in [0.25, 0.3) is 0 Å². The van der Waals surface area contributed by atoms with Crippen LogP contribution >= 0.6 is 0 Å². The Kier molecular flexibility index (Phi) is 6.64. The summed E-state index contributed by atoms with van der Waals surface area (Å²) in [5.41, 5.74) is 7.05. The molecule has 154 valence electrons. The van der Waals surface area contributed by atoms with Gasteiger partial charge in [-0.25, -0.2) is 9.18 Å². The second-order valence-corrected chi connectivity index (χ2v) is 6.76. The average molecular weight is 407 g/mol. The van der Waals surface area contributed by atoms with Crippen LogP contribution in [0.4, 0.5) is 14.9 Å². The molecular weight excluding hydrogens is 385 g/mol. The van der Waals surface area contributed by atoms with Gasteiger partial charge in [0.2, 0.25) is 5.91 Å². The molecule has 6 nitrogen and oxygen atoms in total. The largest absolute Gasteiger partial charge is 0.457 e. The van der Waals surface area contributed by atoms with Crippen LogP contribution in [-0.2, 0) is 4.79 Å². The van der Waals surface area contributed by atoms with Crippen molar-refractivity contribution in [2.75, 3.05) is 5.32 Å². The number of benzene rings is 3. The summed E-state index contributed by atoms with van der Waals surface area (Å²) in [6.45, 7) is 1.76. The SMILES string of the molecule is Cc1ccc(F)cc1NC(=O)CC(NC(N)=O)c1cccc(Oc2ccccc2)c1. The van der Waals surface area contributed by atoms with Crippen molar-refractivity contribution in [2.24, 2.45) is 5.73 Å². The first-order chi connectivity index (χ1) is 14.4. The number of amides is 3. The Morgan fingerprint density at radius 1 is 1.00 bits per heavy atom. The lowest BCUT2D eigenvalue weighted by Crippen LogP contribution is -2.35. The number of carbonyl (C=O) groups is 2. The van der Waals surface area contributed by atoms with Gasteiger partial charge in [-0.1, -0.05) is 36.4 Å². The Labute approximate surface area is 173 Å². The molecule has 30 heavy (non-hydrogen) atoms. The molecular formula is C23H22FN3O3. The van der Waals surface area contributed by atoms with E-state index in [-0.39, 0.29) is 6.42 Å². The molecule has 0 aromatic heterocycles. The fourth-order valence-electron chi connectivity index (χ4n) is 2.96. The minimum absolute atomic E-state index is 0.0896. The fraction of sp³-hybridized carbons (Fsp3) is 0.130. The van der Waals surface area contributed by atoms with Crippen molar-refractivity contribution >= 4 is 17.6 Å². The summed E-state index contributed by atoms with van der Waals surface area (Å²) in [5, 5.41) is 5.25. The summed E-state index contributed by atoms with van der Waals surface area (Å²) in [5.74, 6) is 0.370. The van der Waals surface area contributed by atoms with Crippen molar-refractivity contribution in [2.45, 2.75) is 19.4 Å². The molecule has 1 atom stereocenters. The minimum atomic E-state index is -0.760. The number of aryl methyl sites for hydroxylation is 1. The smallest absolute Gasteiger partial charge is 0.312 e. The summed E-state index contributed by atoms with van der Waals surface area (Å²) in [6.07, 6.45) is -0.0896. The quantitative estimate of drug-likeness (QED) is 0.531. The predicted molar refractivity (Wildman–Crippen MR) is 113 cm³/mol. The zero-order valence-electron chi connectivity index (χ0n) is 16.4. The Hall–Kier alpha value is -3.87. The van der Waals surface area contributed by atoms with Crippen molar-refractivity contribution in [3.8, 4) is 11.5 Å². The normalized spacial score (nSPS) is 11.4. The number of para-hydroxylation sites is 1. The molecule has 0 spiro atoms. The van der Waals surface area contributed by atoms with Crippen LogP contribution in [0.3, 0.4) is 0 Å². The molecule has 3 aromatic rings. The van der Waals surface area contributed by atoms with Gasteiger partial charge in [-0.2, -0.15) is 0 Å². The second kappa shape index (κ2) is 9.56. The van der Waals surface area contributed by atoms with Crippen molar-refractivity contribution in [1.82, 2.24) is 5.32 Å². The molecule has 0 aliphatic rings. The fourth-order valence-corrected chi connectivity index (χ4v) is 2.96. The molecule has 0 saturated carbocycles. The standard InChI is InChI=1S/C23H22FN3O3/c1-15-10-11-17(24)13-20(15)26-22(28)14-21(27-23(25)29)16-6-5-9-19(12-16)30-18-7-3-2-4-8-18/h2-13,21H,14H2,1H3,(H,26,28)(H3,25,27,29). The van der Waals surface area contributed by atoms with Gasteiger partial charge in [0.05, 0.1) is 12.5 Å². The van der Waals surface area contributed by atoms with E-state index in [2.05, 4.69) is 10.6 Å². The molecule has 0 aliphatic carbocycles. The van der Waals surface area contributed by atoms with Crippen LogP contribution in [0.2, 0.25) is 0 Å². The van der Waals surface area contributed by atoms with Gasteiger partial charge in [-0.15, -0.1) is 0 Å². The van der Waals surface area contributed by atoms with Gasteiger partial charge in [0.15, 0.2) is 0 Å². The number of urea groups is 1. The number of nitrogens with two attached hydrogens (primary N) is 1. The molecule has 1 unspecified atom stereocenters. The van der Waals surface area contributed by atoms with Gasteiger partial charge < -0.3 is 21.1 Å². The lowest BCUT2D eigenvalue weighted by Gasteiger charge is -2.19. The molecule has 3 aromatic carbocycles. The minimum Gasteiger partial charge on any atom is -0.457 e. The maximum absolute atomic E-state index is 13.5. The van der Waals surface area contributed by atoms with Gasteiger partial charge in [0, 0.05) is 5.69 Å². The van der Waals surface area contributed by atoms with Crippen molar-refractivity contribution in [3.05, 3.63) is 89.7 Å². The number of nitrogens with one attached hydrogen (secondary N) is 2. The van der Waals surface area contributed by atoms with E-state index < -0.39 is 23.8 Å². The van der Waals surface area contributed by atoms with E-state index >= 15 is 0 Å². The number of halogens is 1. The van der Waals surface area contributed by atoms with E-state index in [0.29, 0.717) is 22.7 Å². The molecule has 3 rings (SSSR count). The highest BCUT2D eigenvalue weighted by molar-refractivity contribution is 5.92. The van der Waals surface area contributed by atoms with Gasteiger partial charge in [-0.05, 0) is 54.4 Å². The number of rotatable bonds is 7. The first-order valence-corrected chi connectivity index (χ1v) is 9.35. The van der Waals surface area contributed by atoms with E-state index in [1.807, 2.05) is 30.3 Å². The zero-order chi connectivity index (χ0) is 21.5. The van der Waals surface area contributed by atoms with Gasteiger partial charge in [-0.3, -0.25) is 4.79 Å². The van der Waals surface area contributed by atoms with Crippen LogP contribution in [0.1, 0.15) is 23.6 Å². The molecule has 4 N–H and O–H groups in total. The summed E-state index contributed by atoms with van der Waals surface area (Å²) in [6, 6.07) is 19.0. The second-order valence-electron chi connectivity index (χ2n) is 6.76. The number of hydrogen-bond donors (Lipinski definition) is 3. The molecule has 7 heteroatoms. The third kappa shape index (κ3) is 5.81. The summed E-state index contributed by atoms with van der Waals surface area (Å²) in [4.78, 5) is 24.1. The Balaban J connectivity index is 1.77. The number of anilines is 1. The third-order valence-electron chi connectivity index (χ3n) is 4.42. The maximum atomic E-state index is 13.5.